The van der Waals surface area contributed by atoms with Crippen LogP contribution >= 0.6 is 0 Å². The number of nitrogens with one attached hydrogen (secondary N) is 1. The Hall–Kier alpha value is -1.80. The second-order valence-electron chi connectivity index (χ2n) is 5.90. The minimum absolute atomic E-state index is 0.181. The molecule has 0 saturated heterocycles. The van der Waals surface area contributed by atoms with Crippen molar-refractivity contribution < 1.29 is 4.74 Å². The van der Waals surface area contributed by atoms with Gasteiger partial charge in [-0.05, 0) is 43.5 Å². The lowest BCUT2D eigenvalue weighted by atomic mass is 10.0. The van der Waals surface area contributed by atoms with Crippen LogP contribution in [0.5, 0.6) is 5.75 Å². The molecule has 2 nitrogen and oxygen atoms in total. The van der Waals surface area contributed by atoms with Gasteiger partial charge in [0.15, 0.2) is 0 Å². The van der Waals surface area contributed by atoms with E-state index in [-0.39, 0.29) is 5.54 Å². The summed E-state index contributed by atoms with van der Waals surface area (Å²) in [5.41, 5.74) is 2.63. The Labute approximate surface area is 128 Å². The van der Waals surface area contributed by atoms with Gasteiger partial charge in [-0.3, -0.25) is 0 Å². The van der Waals surface area contributed by atoms with Crippen LogP contribution in [0.4, 0.5) is 0 Å². The van der Waals surface area contributed by atoms with Crippen molar-refractivity contribution in [2.45, 2.75) is 32.7 Å². The third-order valence-electron chi connectivity index (χ3n) is 3.82. The van der Waals surface area contributed by atoms with Gasteiger partial charge in [0.1, 0.15) is 12.4 Å². The molecule has 0 heterocycles. The maximum absolute atomic E-state index is 5.77. The standard InChI is InChI=1S/C19H25NO/c1-4-19(2,3)20-14-15-21-18-12-10-17(11-13-18)16-8-6-5-7-9-16/h5-13,20H,4,14-15H2,1-3H3. The molecule has 0 fully saturated rings. The zero-order valence-electron chi connectivity index (χ0n) is 13.2. The highest BCUT2D eigenvalue weighted by Gasteiger charge is 2.12. The van der Waals surface area contributed by atoms with E-state index in [4.69, 9.17) is 4.74 Å². The fraction of sp³-hybridized carbons (Fsp3) is 0.368. The normalized spacial score (nSPS) is 11.4. The lowest BCUT2D eigenvalue weighted by Crippen LogP contribution is -2.40. The van der Waals surface area contributed by atoms with Gasteiger partial charge in [-0.25, -0.2) is 0 Å². The van der Waals surface area contributed by atoms with E-state index in [2.05, 4.69) is 62.5 Å². The average Bonchev–Trinajstić information content (AvgIpc) is 2.53. The highest BCUT2D eigenvalue weighted by Crippen LogP contribution is 2.21. The van der Waals surface area contributed by atoms with Crippen LogP contribution in [0.2, 0.25) is 0 Å². The Morgan fingerprint density at radius 1 is 0.905 bits per heavy atom. The lowest BCUT2D eigenvalue weighted by Gasteiger charge is -2.24. The minimum atomic E-state index is 0.181. The maximum Gasteiger partial charge on any atom is 0.119 e. The minimum Gasteiger partial charge on any atom is -0.492 e. The first-order valence-corrected chi connectivity index (χ1v) is 7.64. The summed E-state index contributed by atoms with van der Waals surface area (Å²) in [4.78, 5) is 0. The monoisotopic (exact) mass is 283 g/mol. The van der Waals surface area contributed by atoms with Crippen LogP contribution in [0.25, 0.3) is 11.1 Å². The second-order valence-corrected chi connectivity index (χ2v) is 5.90. The van der Waals surface area contributed by atoms with Gasteiger partial charge in [0.25, 0.3) is 0 Å². The van der Waals surface area contributed by atoms with E-state index >= 15 is 0 Å². The van der Waals surface area contributed by atoms with Crippen molar-refractivity contribution >= 4 is 0 Å². The van der Waals surface area contributed by atoms with Gasteiger partial charge in [-0.1, -0.05) is 49.4 Å². The van der Waals surface area contributed by atoms with Crippen molar-refractivity contribution in [3.05, 3.63) is 54.6 Å². The SMILES string of the molecule is CCC(C)(C)NCCOc1ccc(-c2ccccc2)cc1. The van der Waals surface area contributed by atoms with Crippen LogP contribution in [0.3, 0.4) is 0 Å². The molecule has 2 aromatic rings. The van der Waals surface area contributed by atoms with Crippen molar-refractivity contribution in [3.63, 3.8) is 0 Å². The number of hydrogen-bond acceptors (Lipinski definition) is 2. The molecule has 0 bridgehead atoms. The summed E-state index contributed by atoms with van der Waals surface area (Å²) < 4.78 is 5.77. The highest BCUT2D eigenvalue weighted by molar-refractivity contribution is 5.63. The van der Waals surface area contributed by atoms with Gasteiger partial charge >= 0.3 is 0 Å². The summed E-state index contributed by atoms with van der Waals surface area (Å²) in [7, 11) is 0. The molecule has 0 amide bonds. The average molecular weight is 283 g/mol. The second kappa shape index (κ2) is 7.28. The maximum atomic E-state index is 5.77. The molecule has 0 saturated carbocycles. The third kappa shape index (κ3) is 4.91. The zero-order chi connectivity index (χ0) is 15.1. The van der Waals surface area contributed by atoms with Gasteiger partial charge in [0, 0.05) is 12.1 Å². The van der Waals surface area contributed by atoms with Gasteiger partial charge in [-0.15, -0.1) is 0 Å². The summed E-state index contributed by atoms with van der Waals surface area (Å²) in [6, 6.07) is 18.7. The predicted molar refractivity (Wildman–Crippen MR) is 89.7 cm³/mol. The third-order valence-corrected chi connectivity index (χ3v) is 3.82. The number of benzene rings is 2. The Bertz CT molecular complexity index is 531. The quantitative estimate of drug-likeness (QED) is 0.755. The summed E-state index contributed by atoms with van der Waals surface area (Å²) >= 11 is 0. The van der Waals surface area contributed by atoms with Crippen LogP contribution in [0.1, 0.15) is 27.2 Å². The summed E-state index contributed by atoms with van der Waals surface area (Å²) in [5.74, 6) is 0.922. The van der Waals surface area contributed by atoms with Crippen molar-refractivity contribution in [1.82, 2.24) is 5.32 Å². The zero-order valence-corrected chi connectivity index (χ0v) is 13.2. The van der Waals surface area contributed by atoms with Crippen LogP contribution in [0, 0.1) is 0 Å². The first-order chi connectivity index (χ1) is 10.1. The molecule has 2 rings (SSSR count). The number of rotatable bonds is 7. The molecule has 0 unspecified atom stereocenters. The topological polar surface area (TPSA) is 21.3 Å². The Morgan fingerprint density at radius 2 is 1.52 bits per heavy atom. The van der Waals surface area contributed by atoms with Gasteiger partial charge < -0.3 is 10.1 Å². The molecule has 0 aliphatic carbocycles. The van der Waals surface area contributed by atoms with E-state index in [1.165, 1.54) is 11.1 Å². The molecule has 21 heavy (non-hydrogen) atoms. The molecule has 2 aromatic carbocycles. The summed E-state index contributed by atoms with van der Waals surface area (Å²) in [6.07, 6.45) is 1.11. The fourth-order valence-electron chi connectivity index (χ4n) is 2.06. The van der Waals surface area contributed by atoms with Crippen LogP contribution in [0.15, 0.2) is 54.6 Å². The molecule has 112 valence electrons. The van der Waals surface area contributed by atoms with Gasteiger partial charge in [0.05, 0.1) is 0 Å². The Balaban J connectivity index is 1.83. The van der Waals surface area contributed by atoms with Crippen LogP contribution < -0.4 is 10.1 Å². The fourth-order valence-corrected chi connectivity index (χ4v) is 2.06. The largest absolute Gasteiger partial charge is 0.492 e. The molecule has 2 heteroatoms. The summed E-state index contributed by atoms with van der Waals surface area (Å²) in [5, 5.41) is 3.49. The van der Waals surface area contributed by atoms with E-state index < -0.39 is 0 Å². The highest BCUT2D eigenvalue weighted by atomic mass is 16.5. The Kier molecular flexibility index (Phi) is 5.40. The van der Waals surface area contributed by atoms with Crippen LogP contribution in [-0.4, -0.2) is 18.7 Å². The molecule has 0 aliphatic rings. The molecule has 0 spiro atoms. The first kappa shape index (κ1) is 15.6. The van der Waals surface area contributed by atoms with E-state index in [1.54, 1.807) is 0 Å². The lowest BCUT2D eigenvalue weighted by molar-refractivity contribution is 0.281. The predicted octanol–water partition coefficient (Wildman–Crippen LogP) is 4.51. The van der Waals surface area contributed by atoms with Gasteiger partial charge in [0.2, 0.25) is 0 Å². The van der Waals surface area contributed by atoms with E-state index in [9.17, 15) is 0 Å². The van der Waals surface area contributed by atoms with E-state index in [1.807, 2.05) is 18.2 Å². The smallest absolute Gasteiger partial charge is 0.119 e. The van der Waals surface area contributed by atoms with Crippen molar-refractivity contribution in [1.29, 1.82) is 0 Å². The molecular weight excluding hydrogens is 258 g/mol. The molecular formula is C19H25NO. The number of hydrogen-bond donors (Lipinski definition) is 1. The molecule has 0 aliphatic heterocycles. The van der Waals surface area contributed by atoms with Crippen molar-refractivity contribution in [3.8, 4) is 16.9 Å². The summed E-state index contributed by atoms with van der Waals surface area (Å²) in [6.45, 7) is 8.16. The molecule has 0 aromatic heterocycles. The number of ether oxygens (including phenoxy) is 1. The van der Waals surface area contributed by atoms with Crippen molar-refractivity contribution in [2.75, 3.05) is 13.2 Å². The van der Waals surface area contributed by atoms with Crippen molar-refractivity contribution in [2.24, 2.45) is 0 Å². The Morgan fingerprint density at radius 3 is 2.14 bits per heavy atom. The van der Waals surface area contributed by atoms with Crippen LogP contribution in [-0.2, 0) is 0 Å². The molecule has 0 atom stereocenters. The van der Waals surface area contributed by atoms with E-state index in [0.717, 1.165) is 18.7 Å². The van der Waals surface area contributed by atoms with Gasteiger partial charge in [-0.2, -0.15) is 0 Å². The molecule has 0 radical (unpaired) electrons. The first-order valence-electron chi connectivity index (χ1n) is 7.64. The molecule has 1 N–H and O–H groups in total. The van der Waals surface area contributed by atoms with E-state index in [0.29, 0.717) is 6.61 Å².